The average molecular weight is 447 g/mol. The van der Waals surface area contributed by atoms with Crippen molar-refractivity contribution in [3.63, 3.8) is 0 Å². The van der Waals surface area contributed by atoms with Crippen LogP contribution >= 0.6 is 0 Å². The largest absolute Gasteiger partial charge is 0.444 e. The van der Waals surface area contributed by atoms with Crippen molar-refractivity contribution >= 4 is 23.8 Å². The van der Waals surface area contributed by atoms with Gasteiger partial charge in [0.15, 0.2) is 0 Å². The van der Waals surface area contributed by atoms with Crippen LogP contribution in [-0.4, -0.2) is 59.5 Å². The zero-order valence-electron chi connectivity index (χ0n) is 19.0. The molecule has 4 amide bonds. The number of likely N-dealkylation sites (tertiary alicyclic amines) is 1. The highest BCUT2D eigenvalue weighted by atomic mass is 16.6. The van der Waals surface area contributed by atoms with Crippen LogP contribution in [0.25, 0.3) is 0 Å². The molecule has 0 aromatic heterocycles. The van der Waals surface area contributed by atoms with Gasteiger partial charge in [0.1, 0.15) is 17.7 Å². The molecule has 1 saturated carbocycles. The van der Waals surface area contributed by atoms with Gasteiger partial charge < -0.3 is 21.1 Å². The Morgan fingerprint density at radius 1 is 1.22 bits per heavy atom. The van der Waals surface area contributed by atoms with E-state index in [9.17, 15) is 19.2 Å². The van der Waals surface area contributed by atoms with Gasteiger partial charge in [-0.15, -0.1) is 0 Å². The van der Waals surface area contributed by atoms with Crippen LogP contribution in [0.4, 0.5) is 4.79 Å². The average Bonchev–Trinajstić information content (AvgIpc) is 3.32. The van der Waals surface area contributed by atoms with Gasteiger partial charge in [0.2, 0.25) is 17.7 Å². The lowest BCUT2D eigenvalue weighted by Crippen LogP contribution is -2.56. The summed E-state index contributed by atoms with van der Waals surface area (Å²) in [6.07, 6.45) is 6.67. The van der Waals surface area contributed by atoms with Crippen LogP contribution < -0.4 is 16.4 Å². The zero-order chi connectivity index (χ0) is 23.2. The second-order valence-electron chi connectivity index (χ2n) is 10.6. The van der Waals surface area contributed by atoms with E-state index in [4.69, 9.17) is 10.5 Å². The molecule has 7 atom stereocenters. The molecule has 9 heteroatoms. The van der Waals surface area contributed by atoms with E-state index < -0.39 is 35.6 Å². The molecule has 9 nitrogen and oxygen atoms in total. The first-order valence-corrected chi connectivity index (χ1v) is 11.6. The molecule has 5 rings (SSSR count). The lowest BCUT2D eigenvalue weighted by Gasteiger charge is -2.42. The quantitative estimate of drug-likeness (QED) is 0.541. The fourth-order valence-corrected chi connectivity index (χ4v) is 5.90. The van der Waals surface area contributed by atoms with Crippen molar-refractivity contribution in [3.8, 4) is 0 Å². The van der Waals surface area contributed by atoms with Crippen LogP contribution in [0.1, 0.15) is 46.5 Å². The summed E-state index contributed by atoms with van der Waals surface area (Å²) in [5, 5.41) is 5.52. The first-order chi connectivity index (χ1) is 15.0. The number of nitrogens with two attached hydrogens (primary N) is 1. The molecule has 2 bridgehead atoms. The predicted octanol–water partition coefficient (Wildman–Crippen LogP) is 0.930. The summed E-state index contributed by atoms with van der Waals surface area (Å²) in [6.45, 7) is 6.39. The molecule has 2 saturated heterocycles. The van der Waals surface area contributed by atoms with E-state index in [-0.39, 0.29) is 36.0 Å². The Morgan fingerprint density at radius 2 is 1.91 bits per heavy atom. The van der Waals surface area contributed by atoms with E-state index in [1.807, 2.05) is 0 Å². The molecule has 0 radical (unpaired) electrons. The van der Waals surface area contributed by atoms with Gasteiger partial charge in [0, 0.05) is 19.0 Å². The molecule has 176 valence electrons. The summed E-state index contributed by atoms with van der Waals surface area (Å²) in [5.41, 5.74) is 4.89. The number of hydrogen-bond donors (Lipinski definition) is 3. The van der Waals surface area contributed by atoms with Gasteiger partial charge in [0.25, 0.3) is 0 Å². The van der Waals surface area contributed by atoms with Crippen LogP contribution in [0.15, 0.2) is 12.2 Å². The number of nitrogens with one attached hydrogen (secondary N) is 2. The Hall–Kier alpha value is -2.58. The maximum atomic E-state index is 13.5. The summed E-state index contributed by atoms with van der Waals surface area (Å²) < 4.78 is 5.62. The Balaban J connectivity index is 1.55. The normalized spacial score (nSPS) is 34.1. The highest BCUT2D eigenvalue weighted by molar-refractivity contribution is 5.92. The van der Waals surface area contributed by atoms with Gasteiger partial charge in [-0.1, -0.05) is 12.2 Å². The van der Waals surface area contributed by atoms with Crippen LogP contribution in [0.5, 0.6) is 0 Å². The predicted molar refractivity (Wildman–Crippen MR) is 116 cm³/mol. The highest BCUT2D eigenvalue weighted by Gasteiger charge is 2.56. The first-order valence-electron chi connectivity index (χ1n) is 11.6. The van der Waals surface area contributed by atoms with E-state index in [0.29, 0.717) is 25.4 Å². The van der Waals surface area contributed by atoms with Crippen molar-refractivity contribution in [2.75, 3.05) is 13.1 Å². The molecule has 2 aliphatic heterocycles. The second kappa shape index (κ2) is 8.41. The van der Waals surface area contributed by atoms with Gasteiger partial charge in [-0.25, -0.2) is 4.79 Å². The van der Waals surface area contributed by atoms with Gasteiger partial charge in [-0.05, 0) is 70.1 Å². The Morgan fingerprint density at radius 3 is 2.47 bits per heavy atom. The maximum Gasteiger partial charge on any atom is 0.410 e. The van der Waals surface area contributed by atoms with E-state index in [2.05, 4.69) is 22.8 Å². The monoisotopic (exact) mass is 446 g/mol. The minimum atomic E-state index is -0.966. The molecule has 5 aliphatic rings. The van der Waals surface area contributed by atoms with Crippen molar-refractivity contribution in [2.24, 2.45) is 35.3 Å². The second-order valence-corrected chi connectivity index (χ2v) is 10.6. The summed E-state index contributed by atoms with van der Waals surface area (Å²) in [4.78, 5) is 52.2. The van der Waals surface area contributed by atoms with Gasteiger partial charge in [-0.2, -0.15) is 0 Å². The van der Waals surface area contributed by atoms with Crippen molar-refractivity contribution in [3.05, 3.63) is 12.2 Å². The number of fused-ring (bicyclic) bond motifs is 1. The van der Waals surface area contributed by atoms with Crippen LogP contribution in [0, 0.1) is 29.6 Å². The number of amides is 4. The van der Waals surface area contributed by atoms with E-state index >= 15 is 0 Å². The van der Waals surface area contributed by atoms with Gasteiger partial charge >= 0.3 is 6.09 Å². The third-order valence-electron chi connectivity index (χ3n) is 7.33. The number of ether oxygens (including phenoxy) is 1. The van der Waals surface area contributed by atoms with Crippen LogP contribution in [0.3, 0.4) is 0 Å². The third kappa shape index (κ3) is 4.34. The summed E-state index contributed by atoms with van der Waals surface area (Å²) in [6, 6.07) is -1.70. The topological polar surface area (TPSA) is 131 Å². The number of nitrogens with zero attached hydrogens (tertiary/aromatic N) is 1. The van der Waals surface area contributed by atoms with E-state index in [0.717, 1.165) is 12.8 Å². The summed E-state index contributed by atoms with van der Waals surface area (Å²) in [7, 11) is 0. The number of carbonyl (C=O) groups is 4. The zero-order valence-corrected chi connectivity index (χ0v) is 19.0. The summed E-state index contributed by atoms with van der Waals surface area (Å²) in [5.74, 6) is -0.851. The number of primary amides is 1. The van der Waals surface area contributed by atoms with Gasteiger partial charge in [0.05, 0.1) is 0 Å². The minimum absolute atomic E-state index is 0.0189. The van der Waals surface area contributed by atoms with Crippen molar-refractivity contribution < 1.29 is 23.9 Å². The minimum Gasteiger partial charge on any atom is -0.444 e. The molecule has 4 N–H and O–H groups in total. The molecule has 0 spiro atoms. The van der Waals surface area contributed by atoms with Crippen LogP contribution in [0.2, 0.25) is 0 Å². The van der Waals surface area contributed by atoms with Crippen molar-refractivity contribution in [1.82, 2.24) is 15.5 Å². The molecule has 2 heterocycles. The summed E-state index contributed by atoms with van der Waals surface area (Å²) >= 11 is 0. The van der Waals surface area contributed by atoms with E-state index in [1.165, 1.54) is 4.90 Å². The maximum absolute atomic E-state index is 13.5. The molecule has 0 aromatic rings. The Kier molecular flexibility index (Phi) is 5.94. The molecular weight excluding hydrogens is 412 g/mol. The molecule has 3 fully saturated rings. The standard InChI is InChI=1S/C23H34N4O5/c1-23(2,3)32-22(31)27-11-15-12-4-6-13(7-5-12)17(15)18(27)21(30)26-16(19(24)28)10-14-8-9-25-20(14)29/h4,6,12-18H,5,7-11H2,1-3H3,(H2,24,28)(H,25,29)(H,26,30)/t12-,13+,14-,15-,16-,17+,18+/m0/s1. The number of allylic oxidation sites excluding steroid dienone is 2. The van der Waals surface area contributed by atoms with Crippen molar-refractivity contribution in [1.29, 1.82) is 0 Å². The van der Waals surface area contributed by atoms with Crippen LogP contribution in [-0.2, 0) is 19.1 Å². The third-order valence-corrected chi connectivity index (χ3v) is 7.33. The first kappa shape index (κ1) is 22.6. The highest BCUT2D eigenvalue weighted by Crippen LogP contribution is 2.51. The lowest BCUT2D eigenvalue weighted by molar-refractivity contribution is -0.132. The van der Waals surface area contributed by atoms with Crippen molar-refractivity contribution in [2.45, 2.75) is 64.1 Å². The lowest BCUT2D eigenvalue weighted by atomic mass is 9.62. The molecule has 0 aromatic carbocycles. The Bertz CT molecular complexity index is 835. The Labute approximate surface area is 188 Å². The molecule has 3 aliphatic carbocycles. The molecule has 0 unspecified atom stereocenters. The fraction of sp³-hybridized carbons (Fsp3) is 0.739. The SMILES string of the molecule is CC(C)(C)OC(=O)N1C[C@@H]2[C@@H]([C@@H]3C=C[C@H]2CC3)[C@@H]1C(=O)N[C@@H](C[C@@H]1CCNC1=O)C(N)=O. The van der Waals surface area contributed by atoms with Gasteiger partial charge in [-0.3, -0.25) is 19.3 Å². The smallest absolute Gasteiger partial charge is 0.410 e. The fourth-order valence-electron chi connectivity index (χ4n) is 5.90. The number of carbonyl (C=O) groups excluding carboxylic acids is 4. The number of rotatable bonds is 5. The number of hydrogen-bond acceptors (Lipinski definition) is 5. The molecular formula is C23H34N4O5. The molecule has 32 heavy (non-hydrogen) atoms. The van der Waals surface area contributed by atoms with E-state index in [1.54, 1.807) is 20.8 Å².